The maximum absolute atomic E-state index is 12.2. The Morgan fingerprint density at radius 2 is 2.00 bits per heavy atom. The zero-order valence-corrected chi connectivity index (χ0v) is 11.3. The summed E-state index contributed by atoms with van der Waals surface area (Å²) in [5, 5.41) is 3.04. The molecule has 1 rings (SSSR count). The monoisotopic (exact) mass is 242 g/mol. The second-order valence-electron chi connectivity index (χ2n) is 5.35. The van der Waals surface area contributed by atoms with Crippen molar-refractivity contribution < 1.29 is 9.53 Å². The van der Waals surface area contributed by atoms with Crippen molar-refractivity contribution in [2.45, 2.75) is 58.0 Å². The summed E-state index contributed by atoms with van der Waals surface area (Å²) in [6, 6.07) is 0.0588. The van der Waals surface area contributed by atoms with E-state index < -0.39 is 5.54 Å². The fourth-order valence-corrected chi connectivity index (χ4v) is 2.19. The third-order valence-electron chi connectivity index (χ3n) is 3.57. The Hall–Kier alpha value is -0.610. The molecular weight excluding hydrogens is 216 g/mol. The molecule has 0 saturated heterocycles. The van der Waals surface area contributed by atoms with Gasteiger partial charge in [0.25, 0.3) is 0 Å². The first-order valence-electron chi connectivity index (χ1n) is 6.67. The first-order chi connectivity index (χ1) is 7.99. The van der Waals surface area contributed by atoms with Crippen LogP contribution >= 0.6 is 0 Å². The van der Waals surface area contributed by atoms with Crippen molar-refractivity contribution in [3.63, 3.8) is 0 Å². The van der Waals surface area contributed by atoms with E-state index >= 15 is 0 Å². The number of nitrogens with two attached hydrogens (primary N) is 1. The molecule has 0 aromatic rings. The molecule has 4 heteroatoms. The van der Waals surface area contributed by atoms with Crippen molar-refractivity contribution in [3.05, 3.63) is 0 Å². The highest BCUT2D eigenvalue weighted by Gasteiger charge is 2.38. The van der Waals surface area contributed by atoms with Crippen molar-refractivity contribution in [3.8, 4) is 0 Å². The van der Waals surface area contributed by atoms with Crippen molar-refractivity contribution in [2.75, 3.05) is 13.2 Å². The van der Waals surface area contributed by atoms with Crippen LogP contribution in [0.25, 0.3) is 0 Å². The number of rotatable bonds is 6. The van der Waals surface area contributed by atoms with Crippen molar-refractivity contribution >= 4 is 5.91 Å². The third-order valence-corrected chi connectivity index (χ3v) is 3.57. The molecule has 4 nitrogen and oxygen atoms in total. The highest BCUT2D eigenvalue weighted by Crippen LogP contribution is 2.27. The van der Waals surface area contributed by atoms with Crippen LogP contribution in [0.4, 0.5) is 0 Å². The molecule has 1 amide bonds. The van der Waals surface area contributed by atoms with Gasteiger partial charge in [0.15, 0.2) is 0 Å². The molecule has 0 radical (unpaired) electrons. The van der Waals surface area contributed by atoms with Crippen LogP contribution in [0, 0.1) is 5.92 Å². The van der Waals surface area contributed by atoms with Gasteiger partial charge in [0, 0.05) is 6.61 Å². The van der Waals surface area contributed by atoms with E-state index in [2.05, 4.69) is 19.2 Å². The lowest BCUT2D eigenvalue weighted by molar-refractivity contribution is -0.127. The van der Waals surface area contributed by atoms with Gasteiger partial charge < -0.3 is 15.8 Å². The van der Waals surface area contributed by atoms with E-state index in [-0.39, 0.29) is 11.9 Å². The molecule has 0 spiro atoms. The normalized spacial score (nSPS) is 20.5. The SMILES string of the molecule is CCOCC(NC(=O)C1(N)CCCC1)C(C)C. The van der Waals surface area contributed by atoms with Crippen LogP contribution in [-0.4, -0.2) is 30.7 Å². The average Bonchev–Trinajstić information content (AvgIpc) is 2.72. The smallest absolute Gasteiger partial charge is 0.240 e. The molecule has 1 aliphatic carbocycles. The van der Waals surface area contributed by atoms with Gasteiger partial charge in [-0.15, -0.1) is 0 Å². The van der Waals surface area contributed by atoms with E-state index in [1.54, 1.807) is 0 Å². The molecule has 3 N–H and O–H groups in total. The highest BCUT2D eigenvalue weighted by molar-refractivity contribution is 5.86. The van der Waals surface area contributed by atoms with Gasteiger partial charge in [0.05, 0.1) is 18.2 Å². The van der Waals surface area contributed by atoms with E-state index in [0.29, 0.717) is 19.1 Å². The van der Waals surface area contributed by atoms with Crippen LogP contribution in [0.2, 0.25) is 0 Å². The predicted molar refractivity (Wildman–Crippen MR) is 68.6 cm³/mol. The van der Waals surface area contributed by atoms with Gasteiger partial charge in [-0.2, -0.15) is 0 Å². The van der Waals surface area contributed by atoms with Gasteiger partial charge in [0.2, 0.25) is 5.91 Å². The van der Waals surface area contributed by atoms with Crippen molar-refractivity contribution in [1.82, 2.24) is 5.32 Å². The first kappa shape index (κ1) is 14.5. The second-order valence-corrected chi connectivity index (χ2v) is 5.35. The minimum Gasteiger partial charge on any atom is -0.380 e. The number of hydrogen-bond donors (Lipinski definition) is 2. The van der Waals surface area contributed by atoms with Crippen LogP contribution in [-0.2, 0) is 9.53 Å². The maximum Gasteiger partial charge on any atom is 0.240 e. The van der Waals surface area contributed by atoms with Crippen molar-refractivity contribution in [1.29, 1.82) is 0 Å². The molecule has 1 unspecified atom stereocenters. The number of amides is 1. The number of hydrogen-bond acceptors (Lipinski definition) is 3. The summed E-state index contributed by atoms with van der Waals surface area (Å²) in [7, 11) is 0. The molecule has 0 bridgehead atoms. The summed E-state index contributed by atoms with van der Waals surface area (Å²) >= 11 is 0. The van der Waals surface area contributed by atoms with Gasteiger partial charge in [-0.25, -0.2) is 0 Å². The minimum absolute atomic E-state index is 0.00611. The predicted octanol–water partition coefficient (Wildman–Crippen LogP) is 1.44. The number of carbonyl (C=O) groups excluding carboxylic acids is 1. The van der Waals surface area contributed by atoms with Crippen LogP contribution in [0.5, 0.6) is 0 Å². The van der Waals surface area contributed by atoms with Gasteiger partial charge in [-0.1, -0.05) is 26.7 Å². The molecule has 17 heavy (non-hydrogen) atoms. The third kappa shape index (κ3) is 3.96. The van der Waals surface area contributed by atoms with Crippen molar-refractivity contribution in [2.24, 2.45) is 11.7 Å². The Morgan fingerprint density at radius 3 is 2.47 bits per heavy atom. The first-order valence-corrected chi connectivity index (χ1v) is 6.67. The van der Waals surface area contributed by atoms with Gasteiger partial charge in [-0.05, 0) is 25.7 Å². The highest BCUT2D eigenvalue weighted by atomic mass is 16.5. The van der Waals surface area contributed by atoms with Crippen LogP contribution in [0.3, 0.4) is 0 Å². The summed E-state index contributed by atoms with van der Waals surface area (Å²) in [6.45, 7) is 7.37. The Kier molecular flexibility index (Phi) is 5.40. The summed E-state index contributed by atoms with van der Waals surface area (Å²) in [5.74, 6) is 0.351. The molecule has 1 fully saturated rings. The Balaban J connectivity index is 2.51. The lowest BCUT2D eigenvalue weighted by Gasteiger charge is -2.28. The lowest BCUT2D eigenvalue weighted by Crippen LogP contribution is -2.56. The largest absolute Gasteiger partial charge is 0.380 e. The molecule has 0 aliphatic heterocycles. The fraction of sp³-hybridized carbons (Fsp3) is 0.923. The summed E-state index contributed by atoms with van der Waals surface area (Å²) in [6.07, 6.45) is 3.72. The molecule has 100 valence electrons. The summed E-state index contributed by atoms with van der Waals surface area (Å²) in [5.41, 5.74) is 5.49. The lowest BCUT2D eigenvalue weighted by atomic mass is 9.96. The molecule has 0 heterocycles. The van der Waals surface area contributed by atoms with Crippen LogP contribution < -0.4 is 11.1 Å². The van der Waals surface area contributed by atoms with E-state index in [9.17, 15) is 4.79 Å². The topological polar surface area (TPSA) is 64.3 Å². The number of ether oxygens (including phenoxy) is 1. The molecule has 0 aromatic heterocycles. The maximum atomic E-state index is 12.2. The molecule has 1 atom stereocenters. The average molecular weight is 242 g/mol. The summed E-state index contributed by atoms with van der Waals surface area (Å²) < 4.78 is 5.40. The Morgan fingerprint density at radius 1 is 1.41 bits per heavy atom. The standard InChI is InChI=1S/C13H26N2O2/c1-4-17-9-11(10(2)3)15-12(16)13(14)7-5-6-8-13/h10-11H,4-9,14H2,1-3H3,(H,15,16). The van der Waals surface area contributed by atoms with Gasteiger partial charge in [0.1, 0.15) is 0 Å². The number of carbonyl (C=O) groups is 1. The zero-order chi connectivity index (χ0) is 12.9. The Bertz CT molecular complexity index is 248. The van der Waals surface area contributed by atoms with Crippen LogP contribution in [0.15, 0.2) is 0 Å². The van der Waals surface area contributed by atoms with E-state index in [4.69, 9.17) is 10.5 Å². The molecular formula is C13H26N2O2. The van der Waals surface area contributed by atoms with E-state index in [0.717, 1.165) is 25.7 Å². The Labute approximate surface area is 104 Å². The fourth-order valence-electron chi connectivity index (χ4n) is 2.19. The summed E-state index contributed by atoms with van der Waals surface area (Å²) in [4.78, 5) is 12.2. The van der Waals surface area contributed by atoms with Gasteiger partial charge >= 0.3 is 0 Å². The minimum atomic E-state index is -0.640. The second kappa shape index (κ2) is 6.36. The van der Waals surface area contributed by atoms with Gasteiger partial charge in [-0.3, -0.25) is 4.79 Å². The zero-order valence-electron chi connectivity index (χ0n) is 11.3. The van der Waals surface area contributed by atoms with E-state index in [1.165, 1.54) is 0 Å². The quantitative estimate of drug-likeness (QED) is 0.740. The van der Waals surface area contributed by atoms with Crippen LogP contribution in [0.1, 0.15) is 46.5 Å². The number of nitrogens with one attached hydrogen (secondary N) is 1. The molecule has 1 saturated carbocycles. The molecule has 0 aromatic carbocycles. The van der Waals surface area contributed by atoms with E-state index in [1.807, 2.05) is 6.92 Å². The molecule has 1 aliphatic rings.